The highest BCUT2D eigenvalue weighted by molar-refractivity contribution is 7.89. The van der Waals surface area contributed by atoms with Gasteiger partial charge in [0.25, 0.3) is 0 Å². The maximum atomic E-state index is 12.4. The lowest BCUT2D eigenvalue weighted by Gasteiger charge is -2.10. The van der Waals surface area contributed by atoms with Gasteiger partial charge in [-0.2, -0.15) is 0 Å². The molecule has 1 aliphatic rings. The van der Waals surface area contributed by atoms with Gasteiger partial charge in [0.05, 0.1) is 11.3 Å². The lowest BCUT2D eigenvalue weighted by Crippen LogP contribution is -2.17. The van der Waals surface area contributed by atoms with Gasteiger partial charge in [-0.25, -0.2) is 13.6 Å². The van der Waals surface area contributed by atoms with Crippen LogP contribution in [0, 0.1) is 0 Å². The standard InChI is InChI=1S/C20H18ClN3O4S/c21-16-4-2-1-3-13(16)9-20(25)23-14-7-8-15(19(10-14)29(22,26)27)17-11-18(28-24-17)12-5-6-12/h1-4,7-8,10-12H,5-6,9H2,(H,23,25)(H2,22,26,27). The van der Waals surface area contributed by atoms with Gasteiger partial charge in [-0.3, -0.25) is 4.79 Å². The molecular formula is C20H18ClN3O4S. The van der Waals surface area contributed by atoms with E-state index in [4.69, 9.17) is 21.3 Å². The van der Waals surface area contributed by atoms with Crippen molar-refractivity contribution in [1.82, 2.24) is 5.16 Å². The number of benzene rings is 2. The van der Waals surface area contributed by atoms with Gasteiger partial charge in [-0.15, -0.1) is 0 Å². The number of rotatable bonds is 6. The average molecular weight is 432 g/mol. The molecule has 7 nitrogen and oxygen atoms in total. The monoisotopic (exact) mass is 431 g/mol. The first-order chi connectivity index (χ1) is 13.8. The lowest BCUT2D eigenvalue weighted by atomic mass is 10.1. The highest BCUT2D eigenvalue weighted by Gasteiger charge is 2.29. The number of anilines is 1. The van der Waals surface area contributed by atoms with Crippen LogP contribution in [0.3, 0.4) is 0 Å². The first kappa shape index (κ1) is 19.6. The van der Waals surface area contributed by atoms with E-state index in [2.05, 4.69) is 10.5 Å². The first-order valence-electron chi connectivity index (χ1n) is 8.98. The van der Waals surface area contributed by atoms with Crippen LogP contribution >= 0.6 is 11.6 Å². The molecule has 4 rings (SSSR count). The molecule has 150 valence electrons. The van der Waals surface area contributed by atoms with Crippen LogP contribution in [0.4, 0.5) is 5.69 Å². The highest BCUT2D eigenvalue weighted by atomic mass is 35.5. The number of carbonyl (C=O) groups excluding carboxylic acids is 1. The Morgan fingerprint density at radius 3 is 2.66 bits per heavy atom. The first-order valence-corrected chi connectivity index (χ1v) is 10.9. The van der Waals surface area contributed by atoms with Crippen LogP contribution in [0.1, 0.15) is 30.1 Å². The summed E-state index contributed by atoms with van der Waals surface area (Å²) in [7, 11) is -4.05. The normalized spacial score (nSPS) is 14.0. The van der Waals surface area contributed by atoms with E-state index in [-0.39, 0.29) is 17.2 Å². The maximum absolute atomic E-state index is 12.4. The van der Waals surface area contributed by atoms with Crippen LogP contribution in [-0.4, -0.2) is 19.5 Å². The minimum Gasteiger partial charge on any atom is -0.360 e. The van der Waals surface area contributed by atoms with Gasteiger partial charge < -0.3 is 9.84 Å². The van der Waals surface area contributed by atoms with Crippen LogP contribution < -0.4 is 10.5 Å². The zero-order chi connectivity index (χ0) is 20.6. The van der Waals surface area contributed by atoms with E-state index in [0.717, 1.165) is 18.6 Å². The number of sulfonamides is 1. The number of hydrogen-bond donors (Lipinski definition) is 2. The summed E-state index contributed by atoms with van der Waals surface area (Å²) in [6.45, 7) is 0. The molecule has 1 fully saturated rings. The second-order valence-electron chi connectivity index (χ2n) is 6.96. The number of nitrogens with one attached hydrogen (secondary N) is 1. The largest absolute Gasteiger partial charge is 0.360 e. The summed E-state index contributed by atoms with van der Waals surface area (Å²) in [5, 5.41) is 12.5. The zero-order valence-corrected chi connectivity index (χ0v) is 16.8. The number of nitrogens with two attached hydrogens (primary N) is 1. The number of nitrogens with zero attached hydrogens (tertiary/aromatic N) is 1. The van der Waals surface area contributed by atoms with Crippen molar-refractivity contribution < 1.29 is 17.7 Å². The topological polar surface area (TPSA) is 115 Å². The SMILES string of the molecule is NS(=O)(=O)c1cc(NC(=O)Cc2ccccc2Cl)ccc1-c1cc(C2CC2)on1. The van der Waals surface area contributed by atoms with E-state index in [9.17, 15) is 13.2 Å². The molecule has 1 aromatic heterocycles. The van der Waals surface area contributed by atoms with Gasteiger partial charge in [0.1, 0.15) is 11.5 Å². The van der Waals surface area contributed by atoms with Crippen molar-refractivity contribution in [1.29, 1.82) is 0 Å². The van der Waals surface area contributed by atoms with Gasteiger partial charge in [-0.05, 0) is 42.7 Å². The van der Waals surface area contributed by atoms with Gasteiger partial charge in [0.15, 0.2) is 0 Å². The molecule has 29 heavy (non-hydrogen) atoms. The molecule has 1 amide bonds. The van der Waals surface area contributed by atoms with Crippen LogP contribution in [0.2, 0.25) is 5.02 Å². The van der Waals surface area contributed by atoms with E-state index in [0.29, 0.717) is 33.4 Å². The smallest absolute Gasteiger partial charge is 0.238 e. The zero-order valence-electron chi connectivity index (χ0n) is 15.3. The Morgan fingerprint density at radius 1 is 1.21 bits per heavy atom. The van der Waals surface area contributed by atoms with Crippen molar-refractivity contribution in [2.75, 3.05) is 5.32 Å². The van der Waals surface area contributed by atoms with E-state index in [1.807, 2.05) is 0 Å². The fourth-order valence-corrected chi connectivity index (χ4v) is 4.02. The molecule has 1 aliphatic carbocycles. The molecule has 1 heterocycles. The Morgan fingerprint density at radius 2 is 1.97 bits per heavy atom. The number of aromatic nitrogens is 1. The molecule has 0 unspecified atom stereocenters. The molecule has 0 aliphatic heterocycles. The van der Waals surface area contributed by atoms with Crippen LogP contribution in [0.5, 0.6) is 0 Å². The minimum absolute atomic E-state index is 0.0557. The van der Waals surface area contributed by atoms with Crippen LogP contribution in [0.25, 0.3) is 11.3 Å². The highest BCUT2D eigenvalue weighted by Crippen LogP contribution is 2.41. The van der Waals surface area contributed by atoms with Crippen molar-refractivity contribution >= 4 is 33.2 Å². The van der Waals surface area contributed by atoms with Gasteiger partial charge in [-0.1, -0.05) is 35.0 Å². The Hall–Kier alpha value is -2.68. The Kier molecular flexibility index (Phi) is 5.16. The van der Waals surface area contributed by atoms with Gasteiger partial charge in [0.2, 0.25) is 15.9 Å². The van der Waals surface area contributed by atoms with Crippen LogP contribution in [-0.2, 0) is 21.2 Å². The minimum atomic E-state index is -4.05. The van der Waals surface area contributed by atoms with Crippen molar-refractivity contribution in [3.8, 4) is 11.3 Å². The summed E-state index contributed by atoms with van der Waals surface area (Å²) in [5.74, 6) is 0.749. The fourth-order valence-electron chi connectivity index (χ4n) is 3.04. The number of halogens is 1. The number of carbonyl (C=O) groups is 1. The van der Waals surface area contributed by atoms with E-state index >= 15 is 0 Å². The van der Waals surface area contributed by atoms with Crippen molar-refractivity contribution in [3.05, 3.63) is 64.9 Å². The predicted octanol–water partition coefficient (Wildman–Crippen LogP) is 3.70. The van der Waals surface area contributed by atoms with Gasteiger partial charge in [0, 0.05) is 28.3 Å². The molecule has 0 atom stereocenters. The van der Waals surface area contributed by atoms with E-state index < -0.39 is 10.0 Å². The number of primary sulfonamides is 1. The van der Waals surface area contributed by atoms with Crippen LogP contribution in [0.15, 0.2) is 57.9 Å². The summed E-state index contributed by atoms with van der Waals surface area (Å²) >= 11 is 6.08. The molecule has 3 aromatic rings. The molecule has 0 saturated heterocycles. The molecule has 0 bridgehead atoms. The van der Waals surface area contributed by atoms with Crippen molar-refractivity contribution in [2.45, 2.75) is 30.1 Å². The Balaban J connectivity index is 1.60. The lowest BCUT2D eigenvalue weighted by molar-refractivity contribution is -0.115. The fraction of sp³-hybridized carbons (Fsp3) is 0.200. The van der Waals surface area contributed by atoms with Gasteiger partial charge >= 0.3 is 0 Å². The number of hydrogen-bond acceptors (Lipinski definition) is 5. The summed E-state index contributed by atoms with van der Waals surface area (Å²) in [5.41, 5.74) is 1.70. The molecule has 1 saturated carbocycles. The van der Waals surface area contributed by atoms with Crippen molar-refractivity contribution in [2.24, 2.45) is 5.14 Å². The molecule has 0 radical (unpaired) electrons. The predicted molar refractivity (Wildman–Crippen MR) is 109 cm³/mol. The third-order valence-corrected chi connectivity index (χ3v) is 5.98. The average Bonchev–Trinajstić information content (AvgIpc) is 3.40. The Bertz CT molecular complexity index is 1190. The Labute approximate surface area is 172 Å². The summed E-state index contributed by atoms with van der Waals surface area (Å²) in [6, 6.07) is 13.2. The second kappa shape index (κ2) is 7.62. The maximum Gasteiger partial charge on any atom is 0.238 e. The number of amides is 1. The summed E-state index contributed by atoms with van der Waals surface area (Å²) in [6.07, 6.45) is 2.13. The molecule has 9 heteroatoms. The molecule has 3 N–H and O–H groups in total. The summed E-state index contributed by atoms with van der Waals surface area (Å²) < 4.78 is 29.6. The van der Waals surface area contributed by atoms with E-state index in [1.54, 1.807) is 42.5 Å². The van der Waals surface area contributed by atoms with Crippen molar-refractivity contribution in [3.63, 3.8) is 0 Å². The third-order valence-electron chi connectivity index (χ3n) is 4.66. The molecular weight excluding hydrogens is 414 g/mol. The second-order valence-corrected chi connectivity index (χ2v) is 8.90. The quantitative estimate of drug-likeness (QED) is 0.617. The summed E-state index contributed by atoms with van der Waals surface area (Å²) in [4.78, 5) is 12.2. The third kappa shape index (κ3) is 4.50. The molecule has 0 spiro atoms. The molecule has 2 aromatic carbocycles. The van der Waals surface area contributed by atoms with E-state index in [1.165, 1.54) is 6.07 Å².